The lowest BCUT2D eigenvalue weighted by Gasteiger charge is -2.08. The monoisotopic (exact) mass is 313 g/mol. The van der Waals surface area contributed by atoms with Crippen molar-refractivity contribution in [2.24, 2.45) is 0 Å². The molecule has 3 rings (SSSR count). The topological polar surface area (TPSA) is 64.1 Å². The van der Waals surface area contributed by atoms with E-state index in [1.807, 2.05) is 31.2 Å². The highest BCUT2D eigenvalue weighted by atomic mass is 32.1. The van der Waals surface area contributed by atoms with E-state index in [2.05, 4.69) is 15.3 Å². The first-order valence-corrected chi connectivity index (χ1v) is 7.80. The van der Waals surface area contributed by atoms with Gasteiger partial charge in [-0.05, 0) is 26.0 Å². The normalized spacial score (nSPS) is 10.6. The zero-order valence-corrected chi connectivity index (χ0v) is 13.1. The summed E-state index contributed by atoms with van der Waals surface area (Å²) in [5, 5.41) is 5.71. The van der Waals surface area contributed by atoms with E-state index in [0.29, 0.717) is 23.4 Å². The van der Waals surface area contributed by atoms with Gasteiger partial charge in [0.2, 0.25) is 0 Å². The molecule has 0 radical (unpaired) electrons. The second kappa shape index (κ2) is 6.11. The second-order valence-corrected chi connectivity index (χ2v) is 5.62. The molecular weight excluding hydrogens is 298 g/mol. The summed E-state index contributed by atoms with van der Waals surface area (Å²) in [5.74, 6) is 0.258. The smallest absolute Gasteiger partial charge is 0.339 e. The van der Waals surface area contributed by atoms with Crippen molar-refractivity contribution >= 4 is 39.0 Å². The fourth-order valence-electron chi connectivity index (χ4n) is 2.10. The Hall–Kier alpha value is -2.47. The molecule has 0 atom stereocenters. The number of benzene rings is 1. The molecule has 0 saturated heterocycles. The summed E-state index contributed by atoms with van der Waals surface area (Å²) < 4.78 is 5.10. The molecule has 22 heavy (non-hydrogen) atoms. The van der Waals surface area contributed by atoms with Crippen LogP contribution < -0.4 is 5.32 Å². The van der Waals surface area contributed by atoms with E-state index in [1.165, 1.54) is 23.2 Å². The first-order chi connectivity index (χ1) is 10.7. The van der Waals surface area contributed by atoms with Crippen LogP contribution in [0.5, 0.6) is 0 Å². The number of hydrogen-bond acceptors (Lipinski definition) is 6. The number of carbonyl (C=O) groups is 1. The van der Waals surface area contributed by atoms with Crippen molar-refractivity contribution < 1.29 is 9.53 Å². The van der Waals surface area contributed by atoms with Gasteiger partial charge in [-0.25, -0.2) is 14.8 Å². The van der Waals surface area contributed by atoms with Crippen LogP contribution in [-0.4, -0.2) is 22.5 Å². The predicted octanol–water partition coefficient (Wildman–Crippen LogP) is 3.92. The van der Waals surface area contributed by atoms with Gasteiger partial charge in [0.1, 0.15) is 17.0 Å². The quantitative estimate of drug-likeness (QED) is 0.740. The summed E-state index contributed by atoms with van der Waals surface area (Å²) in [5.41, 5.74) is 2.59. The molecule has 112 valence electrons. The van der Waals surface area contributed by atoms with Crippen LogP contribution >= 0.6 is 11.3 Å². The summed E-state index contributed by atoms with van der Waals surface area (Å²) in [6.07, 6.45) is 1.49. The Kier molecular flexibility index (Phi) is 4.02. The van der Waals surface area contributed by atoms with Gasteiger partial charge in [0.05, 0.1) is 17.6 Å². The molecule has 1 aromatic carbocycles. The average Bonchev–Trinajstić information content (AvgIpc) is 2.95. The number of esters is 1. The minimum absolute atomic E-state index is 0.338. The van der Waals surface area contributed by atoms with Gasteiger partial charge in [0.15, 0.2) is 0 Å². The van der Waals surface area contributed by atoms with E-state index in [0.717, 1.165) is 10.5 Å². The number of aromatic nitrogens is 2. The summed E-state index contributed by atoms with van der Waals surface area (Å²) >= 11 is 1.40. The maximum atomic E-state index is 12.1. The molecule has 2 aromatic heterocycles. The highest BCUT2D eigenvalue weighted by Crippen LogP contribution is 2.31. The van der Waals surface area contributed by atoms with Crippen LogP contribution in [0.25, 0.3) is 10.2 Å². The fraction of sp³-hybridized carbons (Fsp3) is 0.188. The summed E-state index contributed by atoms with van der Waals surface area (Å²) in [7, 11) is 0. The first-order valence-electron chi connectivity index (χ1n) is 6.92. The molecule has 5 nitrogen and oxygen atoms in total. The van der Waals surface area contributed by atoms with Gasteiger partial charge >= 0.3 is 5.97 Å². The Balaban J connectivity index is 2.03. The lowest BCUT2D eigenvalue weighted by atomic mass is 10.2. The molecule has 0 aliphatic carbocycles. The molecule has 1 N–H and O–H groups in total. The third kappa shape index (κ3) is 2.78. The van der Waals surface area contributed by atoms with Crippen LogP contribution in [0.4, 0.5) is 11.5 Å². The standard InChI is InChI=1S/C16H15N3O2S/c1-3-21-16(20)12-8-22-15-13(12)14(17-9-18-15)19-11-6-4-10(2)5-7-11/h4-9H,3H2,1-2H3,(H,17,18,19). The number of hydrogen-bond donors (Lipinski definition) is 1. The second-order valence-electron chi connectivity index (χ2n) is 4.76. The molecule has 0 saturated carbocycles. The lowest BCUT2D eigenvalue weighted by Crippen LogP contribution is -2.05. The molecule has 0 unspecified atom stereocenters. The first kappa shape index (κ1) is 14.5. The van der Waals surface area contributed by atoms with Crippen molar-refractivity contribution in [1.82, 2.24) is 9.97 Å². The largest absolute Gasteiger partial charge is 0.462 e. The van der Waals surface area contributed by atoms with Crippen molar-refractivity contribution in [3.8, 4) is 0 Å². The number of rotatable bonds is 4. The molecule has 6 heteroatoms. The van der Waals surface area contributed by atoms with Gasteiger partial charge in [0, 0.05) is 11.1 Å². The van der Waals surface area contributed by atoms with Gasteiger partial charge in [-0.2, -0.15) is 0 Å². The van der Waals surface area contributed by atoms with Crippen molar-refractivity contribution in [2.45, 2.75) is 13.8 Å². The zero-order valence-electron chi connectivity index (χ0n) is 12.3. The van der Waals surface area contributed by atoms with Crippen LogP contribution in [0, 0.1) is 6.92 Å². The van der Waals surface area contributed by atoms with Gasteiger partial charge in [-0.15, -0.1) is 11.3 Å². The van der Waals surface area contributed by atoms with E-state index < -0.39 is 0 Å². The van der Waals surface area contributed by atoms with Crippen LogP contribution in [-0.2, 0) is 4.74 Å². The van der Waals surface area contributed by atoms with Crippen LogP contribution in [0.1, 0.15) is 22.8 Å². The lowest BCUT2D eigenvalue weighted by molar-refractivity contribution is 0.0529. The molecule has 0 fully saturated rings. The Morgan fingerprint density at radius 1 is 1.27 bits per heavy atom. The number of ether oxygens (including phenoxy) is 1. The SMILES string of the molecule is CCOC(=O)c1csc2ncnc(Nc3ccc(C)cc3)c12. The van der Waals surface area contributed by atoms with Gasteiger partial charge in [0.25, 0.3) is 0 Å². The molecular formula is C16H15N3O2S. The Bertz CT molecular complexity index is 812. The summed E-state index contributed by atoms with van der Waals surface area (Å²) in [6.45, 7) is 4.16. The highest BCUT2D eigenvalue weighted by molar-refractivity contribution is 7.17. The van der Waals surface area contributed by atoms with Gasteiger partial charge < -0.3 is 10.1 Å². The number of nitrogens with one attached hydrogen (secondary N) is 1. The number of aryl methyl sites for hydroxylation is 1. The van der Waals surface area contributed by atoms with Crippen molar-refractivity contribution in [3.05, 3.63) is 47.1 Å². The number of fused-ring (bicyclic) bond motifs is 1. The van der Waals surface area contributed by atoms with Crippen molar-refractivity contribution in [3.63, 3.8) is 0 Å². The minimum Gasteiger partial charge on any atom is -0.462 e. The highest BCUT2D eigenvalue weighted by Gasteiger charge is 2.18. The minimum atomic E-state index is -0.351. The van der Waals surface area contributed by atoms with E-state index in [-0.39, 0.29) is 5.97 Å². The molecule has 0 bridgehead atoms. The van der Waals surface area contributed by atoms with Gasteiger partial charge in [-0.3, -0.25) is 0 Å². The van der Waals surface area contributed by atoms with Crippen molar-refractivity contribution in [2.75, 3.05) is 11.9 Å². The van der Waals surface area contributed by atoms with E-state index in [1.54, 1.807) is 12.3 Å². The summed E-state index contributed by atoms with van der Waals surface area (Å²) in [4.78, 5) is 21.3. The molecule has 2 heterocycles. The maximum Gasteiger partial charge on any atom is 0.339 e. The van der Waals surface area contributed by atoms with Crippen LogP contribution in [0.2, 0.25) is 0 Å². The molecule has 0 aliphatic rings. The average molecular weight is 313 g/mol. The third-order valence-electron chi connectivity index (χ3n) is 3.18. The number of nitrogens with zero attached hydrogens (tertiary/aromatic N) is 2. The third-order valence-corrected chi connectivity index (χ3v) is 4.07. The zero-order chi connectivity index (χ0) is 15.5. The Morgan fingerprint density at radius 3 is 2.77 bits per heavy atom. The molecule has 0 amide bonds. The molecule has 0 aliphatic heterocycles. The molecule has 0 spiro atoms. The summed E-state index contributed by atoms with van der Waals surface area (Å²) in [6, 6.07) is 7.97. The van der Waals surface area contributed by atoms with Crippen molar-refractivity contribution in [1.29, 1.82) is 0 Å². The van der Waals surface area contributed by atoms with E-state index in [4.69, 9.17) is 4.74 Å². The Labute approximate surface area is 132 Å². The van der Waals surface area contributed by atoms with E-state index >= 15 is 0 Å². The van der Waals surface area contributed by atoms with Gasteiger partial charge in [-0.1, -0.05) is 17.7 Å². The number of anilines is 2. The molecule has 3 aromatic rings. The van der Waals surface area contributed by atoms with E-state index in [9.17, 15) is 4.79 Å². The fourth-order valence-corrected chi connectivity index (χ4v) is 2.98. The van der Waals surface area contributed by atoms with Crippen LogP contribution in [0.15, 0.2) is 36.0 Å². The maximum absolute atomic E-state index is 12.1. The number of thiophene rings is 1. The Morgan fingerprint density at radius 2 is 2.05 bits per heavy atom. The predicted molar refractivity (Wildman–Crippen MR) is 87.8 cm³/mol. The number of carbonyl (C=O) groups excluding carboxylic acids is 1. The van der Waals surface area contributed by atoms with Crippen LogP contribution in [0.3, 0.4) is 0 Å².